The van der Waals surface area contributed by atoms with Crippen molar-refractivity contribution in [1.82, 2.24) is 9.80 Å². The minimum atomic E-state index is -0.304. The number of aliphatic hydroxyl groups is 1. The van der Waals surface area contributed by atoms with Crippen LogP contribution in [-0.2, 0) is 11.2 Å². The maximum absolute atomic E-state index is 12.3. The van der Waals surface area contributed by atoms with Crippen molar-refractivity contribution in [2.24, 2.45) is 0 Å². The van der Waals surface area contributed by atoms with Gasteiger partial charge in [-0.3, -0.25) is 9.69 Å². The molecule has 0 bridgehead atoms. The number of carbonyl (C=O) groups is 1. The number of benzene rings is 1. The van der Waals surface area contributed by atoms with Crippen molar-refractivity contribution < 1.29 is 14.6 Å². The van der Waals surface area contributed by atoms with E-state index in [0.29, 0.717) is 13.0 Å². The molecule has 0 aliphatic carbocycles. The van der Waals surface area contributed by atoms with Crippen molar-refractivity contribution in [2.75, 3.05) is 39.8 Å². The normalized spacial score (nSPS) is 17.1. The number of ether oxygens (including phenoxy) is 1. The summed E-state index contributed by atoms with van der Waals surface area (Å²) < 4.78 is 5.14. The van der Waals surface area contributed by atoms with E-state index in [1.807, 2.05) is 17.0 Å². The molecule has 1 unspecified atom stereocenters. The van der Waals surface area contributed by atoms with Gasteiger partial charge in [-0.15, -0.1) is 0 Å². The third-order valence-electron chi connectivity index (χ3n) is 4.26. The predicted molar refractivity (Wildman–Crippen MR) is 90.6 cm³/mol. The Bertz CT molecular complexity index is 480. The highest BCUT2D eigenvalue weighted by Crippen LogP contribution is 2.14. The van der Waals surface area contributed by atoms with Gasteiger partial charge in [-0.05, 0) is 37.5 Å². The van der Waals surface area contributed by atoms with Crippen LogP contribution in [-0.4, -0.2) is 66.8 Å². The Morgan fingerprint density at radius 1 is 1.22 bits per heavy atom. The number of methoxy groups -OCH3 is 1. The fourth-order valence-electron chi connectivity index (χ4n) is 2.95. The van der Waals surface area contributed by atoms with Crippen molar-refractivity contribution in [3.8, 4) is 5.75 Å². The second-order valence-corrected chi connectivity index (χ2v) is 6.23. The summed E-state index contributed by atoms with van der Waals surface area (Å²) in [5.41, 5.74) is 1.24. The fourth-order valence-corrected chi connectivity index (χ4v) is 2.95. The van der Waals surface area contributed by atoms with E-state index in [2.05, 4.69) is 17.0 Å². The molecule has 1 saturated heterocycles. The molecule has 1 heterocycles. The molecule has 1 aromatic rings. The van der Waals surface area contributed by atoms with E-state index in [9.17, 15) is 9.90 Å². The number of hydrogen-bond acceptors (Lipinski definition) is 4. The summed E-state index contributed by atoms with van der Waals surface area (Å²) >= 11 is 0. The number of β-amino-alcohol motifs (C(OH)–C–C–N with tert-alkyl or cyclic N) is 1. The number of rotatable bonds is 7. The van der Waals surface area contributed by atoms with Gasteiger partial charge in [0, 0.05) is 39.1 Å². The van der Waals surface area contributed by atoms with Crippen LogP contribution in [0.2, 0.25) is 0 Å². The lowest BCUT2D eigenvalue weighted by atomic mass is 10.1. The van der Waals surface area contributed by atoms with Crippen LogP contribution < -0.4 is 4.74 Å². The predicted octanol–water partition coefficient (Wildman–Crippen LogP) is 1.54. The zero-order chi connectivity index (χ0) is 16.7. The van der Waals surface area contributed by atoms with Crippen LogP contribution in [0.3, 0.4) is 0 Å². The molecule has 0 spiro atoms. The minimum absolute atomic E-state index is 0.246. The number of amides is 1. The molecule has 23 heavy (non-hydrogen) atoms. The van der Waals surface area contributed by atoms with Gasteiger partial charge in [0.25, 0.3) is 0 Å². The summed E-state index contributed by atoms with van der Waals surface area (Å²) in [5, 5.41) is 9.41. The Morgan fingerprint density at radius 3 is 2.43 bits per heavy atom. The first kappa shape index (κ1) is 17.8. The highest BCUT2D eigenvalue weighted by Gasteiger charge is 2.21. The van der Waals surface area contributed by atoms with E-state index in [-0.39, 0.29) is 12.0 Å². The molecule has 1 amide bonds. The quantitative estimate of drug-likeness (QED) is 0.828. The molecule has 0 aromatic heterocycles. The zero-order valence-electron chi connectivity index (χ0n) is 14.2. The van der Waals surface area contributed by atoms with Gasteiger partial charge < -0.3 is 14.7 Å². The second-order valence-electron chi connectivity index (χ2n) is 6.23. The Balaban J connectivity index is 1.67. The first-order valence-corrected chi connectivity index (χ1v) is 8.39. The molecular weight excluding hydrogens is 292 g/mol. The van der Waals surface area contributed by atoms with Gasteiger partial charge in [0.2, 0.25) is 5.91 Å². The summed E-state index contributed by atoms with van der Waals surface area (Å²) in [6.07, 6.45) is 2.08. The monoisotopic (exact) mass is 320 g/mol. The van der Waals surface area contributed by atoms with Crippen LogP contribution >= 0.6 is 0 Å². The number of nitrogens with zero attached hydrogens (tertiary/aromatic N) is 2. The van der Waals surface area contributed by atoms with Gasteiger partial charge in [0.15, 0.2) is 0 Å². The molecule has 0 radical (unpaired) electrons. The third-order valence-corrected chi connectivity index (χ3v) is 4.26. The minimum Gasteiger partial charge on any atom is -0.497 e. The molecule has 0 saturated carbocycles. The first-order chi connectivity index (χ1) is 11.1. The van der Waals surface area contributed by atoms with Gasteiger partial charge >= 0.3 is 0 Å². The lowest BCUT2D eigenvalue weighted by Crippen LogP contribution is -2.50. The number of aliphatic hydroxyl groups excluding tert-OH is 1. The Kier molecular flexibility index (Phi) is 6.86. The van der Waals surface area contributed by atoms with Crippen LogP contribution in [0.5, 0.6) is 5.75 Å². The summed E-state index contributed by atoms with van der Waals surface area (Å²) in [6, 6.07) is 8.02. The smallest absolute Gasteiger partial charge is 0.222 e. The summed E-state index contributed by atoms with van der Waals surface area (Å²) in [6.45, 7) is 5.75. The number of carbonyl (C=O) groups excluding carboxylic acids is 1. The first-order valence-electron chi connectivity index (χ1n) is 8.39. The van der Waals surface area contributed by atoms with Crippen LogP contribution in [0.15, 0.2) is 24.3 Å². The molecule has 2 rings (SSSR count). The van der Waals surface area contributed by atoms with Crippen LogP contribution in [0.4, 0.5) is 0 Å². The van der Waals surface area contributed by atoms with Gasteiger partial charge in [-0.2, -0.15) is 0 Å². The molecule has 5 heteroatoms. The molecule has 5 nitrogen and oxygen atoms in total. The molecule has 1 aliphatic heterocycles. The van der Waals surface area contributed by atoms with E-state index >= 15 is 0 Å². The van der Waals surface area contributed by atoms with Crippen molar-refractivity contribution >= 4 is 5.91 Å². The van der Waals surface area contributed by atoms with E-state index in [0.717, 1.165) is 44.8 Å². The SMILES string of the molecule is COc1ccc(CCCC(=O)N2CCN(CC(C)O)CC2)cc1. The van der Waals surface area contributed by atoms with E-state index in [1.54, 1.807) is 14.0 Å². The Hall–Kier alpha value is -1.59. The van der Waals surface area contributed by atoms with Crippen molar-refractivity contribution in [3.05, 3.63) is 29.8 Å². The molecule has 1 aliphatic rings. The number of piperazine rings is 1. The zero-order valence-corrected chi connectivity index (χ0v) is 14.2. The van der Waals surface area contributed by atoms with E-state index < -0.39 is 0 Å². The lowest BCUT2D eigenvalue weighted by Gasteiger charge is -2.35. The largest absolute Gasteiger partial charge is 0.497 e. The molecule has 128 valence electrons. The Morgan fingerprint density at radius 2 is 1.87 bits per heavy atom. The standard InChI is InChI=1S/C18H28N2O3/c1-15(21)14-19-10-12-20(13-11-19)18(22)5-3-4-16-6-8-17(23-2)9-7-16/h6-9,15,21H,3-5,10-14H2,1-2H3. The fraction of sp³-hybridized carbons (Fsp3) is 0.611. The van der Waals surface area contributed by atoms with Gasteiger partial charge in [-0.1, -0.05) is 12.1 Å². The maximum Gasteiger partial charge on any atom is 0.222 e. The van der Waals surface area contributed by atoms with Gasteiger partial charge in [0.05, 0.1) is 13.2 Å². The van der Waals surface area contributed by atoms with Crippen LogP contribution in [0, 0.1) is 0 Å². The average molecular weight is 320 g/mol. The third kappa shape index (κ3) is 5.84. The van der Waals surface area contributed by atoms with Gasteiger partial charge in [-0.25, -0.2) is 0 Å². The highest BCUT2D eigenvalue weighted by atomic mass is 16.5. The van der Waals surface area contributed by atoms with E-state index in [4.69, 9.17) is 4.74 Å². The molecular formula is C18H28N2O3. The Labute approximate surface area is 138 Å². The summed E-state index contributed by atoms with van der Waals surface area (Å²) in [5.74, 6) is 1.11. The average Bonchev–Trinajstić information content (AvgIpc) is 2.55. The topological polar surface area (TPSA) is 53.0 Å². The van der Waals surface area contributed by atoms with Crippen molar-refractivity contribution in [3.63, 3.8) is 0 Å². The van der Waals surface area contributed by atoms with Crippen LogP contribution in [0.25, 0.3) is 0 Å². The van der Waals surface area contributed by atoms with Crippen LogP contribution in [0.1, 0.15) is 25.3 Å². The maximum atomic E-state index is 12.3. The molecule has 1 atom stereocenters. The molecule has 1 aromatic carbocycles. The highest BCUT2D eigenvalue weighted by molar-refractivity contribution is 5.76. The van der Waals surface area contributed by atoms with Gasteiger partial charge in [0.1, 0.15) is 5.75 Å². The van der Waals surface area contributed by atoms with Crippen molar-refractivity contribution in [2.45, 2.75) is 32.3 Å². The van der Waals surface area contributed by atoms with E-state index in [1.165, 1.54) is 5.56 Å². The number of hydrogen-bond donors (Lipinski definition) is 1. The van der Waals surface area contributed by atoms with Crippen molar-refractivity contribution in [1.29, 1.82) is 0 Å². The summed E-state index contributed by atoms with van der Waals surface area (Å²) in [4.78, 5) is 16.4. The number of aryl methyl sites for hydroxylation is 1. The summed E-state index contributed by atoms with van der Waals surface area (Å²) in [7, 11) is 1.66. The lowest BCUT2D eigenvalue weighted by molar-refractivity contribution is -0.133. The second kappa shape index (κ2) is 8.89. The molecule has 1 fully saturated rings. The molecule has 1 N–H and O–H groups in total.